The summed E-state index contributed by atoms with van der Waals surface area (Å²) in [7, 11) is 1.76. The number of alkyl halides is 3. The molecule has 0 radical (unpaired) electrons. The molecule has 44 heavy (non-hydrogen) atoms. The van der Waals surface area contributed by atoms with E-state index in [2.05, 4.69) is 15.2 Å². The van der Waals surface area contributed by atoms with Crippen molar-refractivity contribution in [2.75, 3.05) is 37.0 Å². The molecular formula is C31H29F6N5O2. The molecule has 1 saturated heterocycles. The lowest BCUT2D eigenvalue weighted by Gasteiger charge is -2.40. The molecule has 4 aromatic rings. The molecule has 2 aromatic heterocycles. The Labute approximate surface area is 248 Å². The van der Waals surface area contributed by atoms with Crippen LogP contribution in [0.4, 0.5) is 37.8 Å². The molecule has 4 heterocycles. The van der Waals surface area contributed by atoms with Gasteiger partial charge in [-0.1, -0.05) is 6.07 Å². The van der Waals surface area contributed by atoms with Gasteiger partial charge in [-0.2, -0.15) is 17.6 Å². The van der Waals surface area contributed by atoms with E-state index in [0.717, 1.165) is 36.9 Å². The molecule has 2 aromatic carbocycles. The number of anilines is 2. The second kappa shape index (κ2) is 11.7. The van der Waals surface area contributed by atoms with Gasteiger partial charge >= 0.3 is 6.18 Å². The standard InChI is InChI=1S/C31H29F6N5O2/c1-38-26-7-6-21(13-39-26)40-8-2-3-22(17-40)42(14-18-4-5-20(11-24(18)32)31(35,36)37)16-19-15-41-9-10-44-30-27(34)25(33)12-23(28(30)41)29(19)43/h4-7,11-13,15,22H,2-3,8-10,14,16-17H2,1H3,(H,38,39). The van der Waals surface area contributed by atoms with Crippen molar-refractivity contribution < 1.29 is 31.1 Å². The van der Waals surface area contributed by atoms with Gasteiger partial charge in [0.15, 0.2) is 17.0 Å². The minimum atomic E-state index is -4.70. The topological polar surface area (TPSA) is 62.6 Å². The highest BCUT2D eigenvalue weighted by atomic mass is 19.4. The smallest absolute Gasteiger partial charge is 0.416 e. The SMILES string of the molecule is CNc1ccc(N2CCCC(N(Cc3ccc(C(F)(F)F)cc3F)Cc3cn4c5c(c(F)c(F)cc5c3=O)OCC4)C2)cn1. The Hall–Kier alpha value is -4.26. The van der Waals surface area contributed by atoms with E-state index in [-0.39, 0.29) is 53.5 Å². The van der Waals surface area contributed by atoms with Gasteiger partial charge in [-0.05, 0) is 43.2 Å². The molecule has 0 bridgehead atoms. The summed E-state index contributed by atoms with van der Waals surface area (Å²) >= 11 is 0. The maximum atomic E-state index is 15.1. The van der Waals surface area contributed by atoms with Crippen molar-refractivity contribution >= 4 is 22.4 Å². The van der Waals surface area contributed by atoms with Crippen LogP contribution in [0.2, 0.25) is 0 Å². The number of pyridine rings is 2. The van der Waals surface area contributed by atoms with Gasteiger partial charge in [0.1, 0.15) is 18.2 Å². The number of piperidine rings is 1. The molecule has 1 unspecified atom stereocenters. The number of ether oxygens (including phenoxy) is 1. The first kappa shape index (κ1) is 29.8. The number of hydrogen-bond acceptors (Lipinski definition) is 6. The summed E-state index contributed by atoms with van der Waals surface area (Å²) in [5.74, 6) is -3.00. The van der Waals surface area contributed by atoms with Crippen LogP contribution in [-0.2, 0) is 25.8 Å². The van der Waals surface area contributed by atoms with Crippen molar-refractivity contribution in [3.05, 3.63) is 93.2 Å². The van der Waals surface area contributed by atoms with Crippen molar-refractivity contribution in [3.63, 3.8) is 0 Å². The quantitative estimate of drug-likeness (QED) is 0.259. The first-order valence-electron chi connectivity index (χ1n) is 14.2. The summed E-state index contributed by atoms with van der Waals surface area (Å²) in [6, 6.07) is 6.83. The zero-order valence-corrected chi connectivity index (χ0v) is 23.7. The zero-order valence-electron chi connectivity index (χ0n) is 23.7. The van der Waals surface area contributed by atoms with Gasteiger partial charge in [-0.3, -0.25) is 9.69 Å². The van der Waals surface area contributed by atoms with Gasteiger partial charge in [0.25, 0.3) is 0 Å². The predicted octanol–water partition coefficient (Wildman–Crippen LogP) is 5.94. The van der Waals surface area contributed by atoms with Crippen LogP contribution >= 0.6 is 0 Å². The Morgan fingerprint density at radius 3 is 2.55 bits per heavy atom. The van der Waals surface area contributed by atoms with E-state index in [1.165, 1.54) is 0 Å². The highest BCUT2D eigenvalue weighted by Gasteiger charge is 2.33. The molecule has 0 saturated carbocycles. The Bertz CT molecular complexity index is 1760. The first-order chi connectivity index (χ1) is 21.0. The number of nitrogens with one attached hydrogen (secondary N) is 1. The highest BCUT2D eigenvalue weighted by Crippen LogP contribution is 2.34. The van der Waals surface area contributed by atoms with Crippen molar-refractivity contribution in [1.29, 1.82) is 0 Å². The third-order valence-electron chi connectivity index (χ3n) is 8.27. The summed E-state index contributed by atoms with van der Waals surface area (Å²) in [6.07, 6.45) is 0.0588. The Balaban J connectivity index is 1.38. The van der Waals surface area contributed by atoms with Crippen LogP contribution in [0.25, 0.3) is 10.9 Å². The minimum absolute atomic E-state index is 0.000128. The fraction of sp³-hybridized carbons (Fsp3) is 0.355. The monoisotopic (exact) mass is 617 g/mol. The van der Waals surface area contributed by atoms with E-state index in [4.69, 9.17) is 4.74 Å². The van der Waals surface area contributed by atoms with Crippen LogP contribution < -0.4 is 20.4 Å². The summed E-state index contributed by atoms with van der Waals surface area (Å²) in [6.45, 7) is 1.51. The molecule has 0 spiro atoms. The molecular weight excluding hydrogens is 588 g/mol. The molecule has 2 aliphatic heterocycles. The second-order valence-corrected chi connectivity index (χ2v) is 11.0. The second-order valence-electron chi connectivity index (χ2n) is 11.0. The number of benzene rings is 2. The summed E-state index contributed by atoms with van der Waals surface area (Å²) in [4.78, 5) is 22.0. The fourth-order valence-electron chi connectivity index (χ4n) is 6.01. The fourth-order valence-corrected chi connectivity index (χ4v) is 6.01. The van der Waals surface area contributed by atoms with E-state index in [9.17, 15) is 26.7 Å². The van der Waals surface area contributed by atoms with Crippen LogP contribution in [0.1, 0.15) is 29.5 Å². The van der Waals surface area contributed by atoms with E-state index in [1.54, 1.807) is 24.0 Å². The van der Waals surface area contributed by atoms with Crippen LogP contribution in [-0.4, -0.2) is 47.2 Å². The molecule has 1 N–H and O–H groups in total. The van der Waals surface area contributed by atoms with Crippen molar-refractivity contribution in [2.24, 2.45) is 0 Å². The third-order valence-corrected chi connectivity index (χ3v) is 8.27. The summed E-state index contributed by atoms with van der Waals surface area (Å²) in [5, 5.41) is 2.93. The lowest BCUT2D eigenvalue weighted by Crippen LogP contribution is -2.48. The summed E-state index contributed by atoms with van der Waals surface area (Å²) in [5.41, 5.74) is -0.285. The first-order valence-corrected chi connectivity index (χ1v) is 14.2. The van der Waals surface area contributed by atoms with Crippen LogP contribution in [0.5, 0.6) is 5.75 Å². The largest absolute Gasteiger partial charge is 0.486 e. The minimum Gasteiger partial charge on any atom is -0.486 e. The molecule has 7 nitrogen and oxygen atoms in total. The normalized spacial score (nSPS) is 16.8. The lowest BCUT2D eigenvalue weighted by atomic mass is 10.0. The van der Waals surface area contributed by atoms with E-state index in [0.29, 0.717) is 31.4 Å². The molecule has 6 rings (SSSR count). The summed E-state index contributed by atoms with van der Waals surface area (Å²) < 4.78 is 90.7. The van der Waals surface area contributed by atoms with Crippen LogP contribution in [0.15, 0.2) is 53.6 Å². The van der Waals surface area contributed by atoms with Crippen LogP contribution in [0, 0.1) is 17.5 Å². The van der Waals surface area contributed by atoms with Crippen molar-refractivity contribution in [2.45, 2.75) is 44.7 Å². The number of aromatic nitrogens is 2. The van der Waals surface area contributed by atoms with Gasteiger partial charge in [0.05, 0.1) is 34.9 Å². The highest BCUT2D eigenvalue weighted by molar-refractivity contribution is 5.86. The Kier molecular flexibility index (Phi) is 7.91. The van der Waals surface area contributed by atoms with Gasteiger partial charge in [-0.25, -0.2) is 13.8 Å². The predicted molar refractivity (Wildman–Crippen MR) is 153 cm³/mol. The zero-order chi connectivity index (χ0) is 31.2. The Morgan fingerprint density at radius 1 is 1.05 bits per heavy atom. The molecule has 232 valence electrons. The maximum absolute atomic E-state index is 15.1. The molecule has 1 fully saturated rings. The van der Waals surface area contributed by atoms with Gasteiger partial charge in [0.2, 0.25) is 5.82 Å². The molecule has 0 amide bonds. The van der Waals surface area contributed by atoms with Crippen molar-refractivity contribution in [3.8, 4) is 5.75 Å². The molecule has 13 heteroatoms. The molecule has 0 aliphatic carbocycles. The van der Waals surface area contributed by atoms with Crippen LogP contribution in [0.3, 0.4) is 0 Å². The number of nitrogens with zero attached hydrogens (tertiary/aromatic N) is 4. The van der Waals surface area contributed by atoms with E-state index in [1.807, 2.05) is 17.0 Å². The molecule has 1 atom stereocenters. The van der Waals surface area contributed by atoms with E-state index < -0.39 is 34.6 Å². The third kappa shape index (κ3) is 5.68. The number of hydrogen-bond donors (Lipinski definition) is 1. The number of rotatable bonds is 7. The van der Waals surface area contributed by atoms with Gasteiger partial charge in [0, 0.05) is 56.6 Å². The van der Waals surface area contributed by atoms with Gasteiger partial charge < -0.3 is 19.5 Å². The molecule has 2 aliphatic rings. The Morgan fingerprint density at radius 2 is 1.84 bits per heavy atom. The van der Waals surface area contributed by atoms with Crippen molar-refractivity contribution in [1.82, 2.24) is 14.5 Å². The lowest BCUT2D eigenvalue weighted by molar-refractivity contribution is -0.137. The number of halogens is 6. The average Bonchev–Trinajstić information content (AvgIpc) is 3.01. The average molecular weight is 618 g/mol. The van der Waals surface area contributed by atoms with Gasteiger partial charge in [-0.15, -0.1) is 0 Å². The maximum Gasteiger partial charge on any atom is 0.416 e. The van der Waals surface area contributed by atoms with E-state index >= 15 is 4.39 Å².